The van der Waals surface area contributed by atoms with Crippen LogP contribution in [0.15, 0.2) is 72.8 Å². The molecular weight excluding hydrogens is 558 g/mol. The molecule has 5 N–H and O–H groups in total. The molecule has 0 aliphatic heterocycles. The number of amides is 2. The zero-order valence-electron chi connectivity index (χ0n) is 23.3. The van der Waals surface area contributed by atoms with E-state index in [2.05, 4.69) is 30.9 Å². The number of hydrogen-bond donors (Lipinski definition) is 4. The van der Waals surface area contributed by atoms with Crippen molar-refractivity contribution < 1.29 is 23.9 Å². The second kappa shape index (κ2) is 13.5. The predicted octanol–water partition coefficient (Wildman–Crippen LogP) is 4.29. The maximum Gasteiger partial charge on any atom is 0.408 e. The van der Waals surface area contributed by atoms with E-state index in [1.54, 1.807) is 45.0 Å². The summed E-state index contributed by atoms with van der Waals surface area (Å²) in [6.45, 7) is 4.90. The molecule has 4 rings (SSSR count). The van der Waals surface area contributed by atoms with Crippen LogP contribution in [0.1, 0.15) is 36.0 Å². The van der Waals surface area contributed by atoms with Crippen LogP contribution in [-0.4, -0.2) is 51.1 Å². The van der Waals surface area contributed by atoms with Crippen molar-refractivity contribution in [3.63, 3.8) is 0 Å². The fourth-order valence-corrected chi connectivity index (χ4v) is 4.40. The van der Waals surface area contributed by atoms with Crippen molar-refractivity contribution >= 4 is 46.9 Å². The van der Waals surface area contributed by atoms with Gasteiger partial charge < -0.3 is 31.2 Å². The molecule has 0 aliphatic carbocycles. The lowest BCUT2D eigenvalue weighted by molar-refractivity contribution is -0.157. The van der Waals surface area contributed by atoms with Crippen LogP contribution in [0.3, 0.4) is 0 Å². The van der Waals surface area contributed by atoms with E-state index in [1.165, 1.54) is 0 Å². The fourth-order valence-electron chi connectivity index (χ4n) is 3.54. The Bertz CT molecular complexity index is 1520. The number of nitrogens with zero attached hydrogens (tertiary/aromatic N) is 3. The Morgan fingerprint density at radius 1 is 0.929 bits per heavy atom. The zero-order valence-corrected chi connectivity index (χ0v) is 24.1. The number of aromatic nitrogens is 3. The Balaban J connectivity index is 1.40. The summed E-state index contributed by atoms with van der Waals surface area (Å²) in [4.78, 5) is 51.9. The number of ether oxygens (including phenoxy) is 2. The number of carbonyl (C=O) groups excluding carboxylic acids is 3. The molecule has 218 valence electrons. The Hall–Kier alpha value is -5.04. The highest BCUT2D eigenvalue weighted by Gasteiger charge is 2.28. The Morgan fingerprint density at radius 3 is 2.31 bits per heavy atom. The molecule has 0 bridgehead atoms. The number of para-hydroxylation sites is 1. The lowest BCUT2D eigenvalue weighted by Gasteiger charge is -2.24. The standard InChI is InChI=1S/C29H31N7O5S/c1-29(2,3)41-25(38)20(33-28(39)40-17-18-10-6-4-7-11-18)16-31-24(37)22-15-14-21(42-22)23-34-26(30)36-27(35-23)32-19-12-8-5-9-13-19/h4-15,20H,16-17H2,1-3H3,(H,31,37)(H,33,39)(H3,30,32,34,35,36)/t20-/m0/s1. The van der Waals surface area contributed by atoms with Gasteiger partial charge >= 0.3 is 12.1 Å². The molecule has 4 aromatic rings. The molecule has 2 amide bonds. The molecule has 0 aliphatic rings. The molecule has 42 heavy (non-hydrogen) atoms. The zero-order chi connectivity index (χ0) is 30.1. The summed E-state index contributed by atoms with van der Waals surface area (Å²) in [5.74, 6) is -0.620. The molecule has 12 nitrogen and oxygen atoms in total. The van der Waals surface area contributed by atoms with Gasteiger partial charge in [0, 0.05) is 12.2 Å². The van der Waals surface area contributed by atoms with Crippen LogP contribution < -0.4 is 21.7 Å². The maximum absolute atomic E-state index is 13.0. The molecule has 0 saturated carbocycles. The summed E-state index contributed by atoms with van der Waals surface area (Å²) in [5, 5.41) is 8.23. The topological polar surface area (TPSA) is 170 Å². The molecule has 0 spiro atoms. The molecule has 0 radical (unpaired) electrons. The summed E-state index contributed by atoms with van der Waals surface area (Å²) in [7, 11) is 0. The quantitative estimate of drug-likeness (QED) is 0.196. The maximum atomic E-state index is 13.0. The minimum atomic E-state index is -1.19. The van der Waals surface area contributed by atoms with Crippen molar-refractivity contribution in [2.75, 3.05) is 17.6 Å². The van der Waals surface area contributed by atoms with Crippen LogP contribution in [0.4, 0.5) is 22.4 Å². The van der Waals surface area contributed by atoms with Gasteiger partial charge in [0.25, 0.3) is 5.91 Å². The van der Waals surface area contributed by atoms with Crippen LogP contribution in [-0.2, 0) is 20.9 Å². The van der Waals surface area contributed by atoms with Crippen LogP contribution in [0, 0.1) is 0 Å². The minimum Gasteiger partial charge on any atom is -0.458 e. The van der Waals surface area contributed by atoms with Crippen LogP contribution in [0.2, 0.25) is 0 Å². The van der Waals surface area contributed by atoms with Gasteiger partial charge in [-0.15, -0.1) is 11.3 Å². The number of benzene rings is 2. The van der Waals surface area contributed by atoms with E-state index < -0.39 is 29.6 Å². The van der Waals surface area contributed by atoms with Crippen molar-refractivity contribution in [3.8, 4) is 10.7 Å². The Labute approximate surface area is 246 Å². The third-order valence-electron chi connectivity index (χ3n) is 5.40. The minimum absolute atomic E-state index is 0.0161. The van der Waals surface area contributed by atoms with Gasteiger partial charge in [0.15, 0.2) is 5.82 Å². The molecule has 0 fully saturated rings. The van der Waals surface area contributed by atoms with Gasteiger partial charge in [-0.25, -0.2) is 9.59 Å². The molecule has 2 aromatic carbocycles. The van der Waals surface area contributed by atoms with E-state index in [1.807, 2.05) is 48.5 Å². The number of alkyl carbamates (subject to hydrolysis) is 1. The summed E-state index contributed by atoms with van der Waals surface area (Å²) >= 11 is 1.13. The summed E-state index contributed by atoms with van der Waals surface area (Å²) in [5.41, 5.74) is 6.65. The van der Waals surface area contributed by atoms with Crippen molar-refractivity contribution in [2.24, 2.45) is 0 Å². The first-order valence-electron chi connectivity index (χ1n) is 13.0. The third kappa shape index (κ3) is 8.99. The first-order valence-corrected chi connectivity index (χ1v) is 13.8. The average molecular weight is 590 g/mol. The number of thiophene rings is 1. The van der Waals surface area contributed by atoms with Gasteiger partial charge in [0.05, 0.1) is 9.75 Å². The van der Waals surface area contributed by atoms with E-state index >= 15 is 0 Å². The second-order valence-corrected chi connectivity index (χ2v) is 11.1. The van der Waals surface area contributed by atoms with E-state index in [0.717, 1.165) is 22.6 Å². The van der Waals surface area contributed by atoms with Gasteiger partial charge in [-0.1, -0.05) is 48.5 Å². The van der Waals surface area contributed by atoms with Crippen LogP contribution in [0.25, 0.3) is 10.7 Å². The number of nitrogen functional groups attached to an aromatic ring is 1. The molecule has 2 heterocycles. The number of anilines is 3. The monoisotopic (exact) mass is 589 g/mol. The number of hydrogen-bond acceptors (Lipinski definition) is 11. The Kier molecular flexibility index (Phi) is 9.65. The SMILES string of the molecule is CC(C)(C)OC(=O)[C@H](CNC(=O)c1ccc(-c2nc(N)nc(Nc3ccccc3)n2)s1)NC(=O)OCc1ccccc1. The number of nitrogens with two attached hydrogens (primary N) is 1. The Morgan fingerprint density at radius 2 is 1.62 bits per heavy atom. The summed E-state index contributed by atoms with van der Waals surface area (Å²) in [6, 6.07) is 20.5. The van der Waals surface area contributed by atoms with Gasteiger partial charge in [0.2, 0.25) is 11.9 Å². The lowest BCUT2D eigenvalue weighted by atomic mass is 10.2. The van der Waals surface area contributed by atoms with Crippen molar-refractivity contribution in [1.29, 1.82) is 0 Å². The predicted molar refractivity (Wildman–Crippen MR) is 159 cm³/mol. The van der Waals surface area contributed by atoms with Crippen molar-refractivity contribution in [2.45, 2.75) is 39.0 Å². The highest BCUT2D eigenvalue weighted by molar-refractivity contribution is 7.17. The first kappa shape index (κ1) is 29.9. The highest BCUT2D eigenvalue weighted by Crippen LogP contribution is 2.27. The van der Waals surface area contributed by atoms with Gasteiger partial charge in [-0.05, 0) is 50.6 Å². The van der Waals surface area contributed by atoms with Gasteiger partial charge in [-0.2, -0.15) is 15.0 Å². The van der Waals surface area contributed by atoms with E-state index in [0.29, 0.717) is 15.6 Å². The molecule has 0 unspecified atom stereocenters. The van der Waals surface area contributed by atoms with E-state index in [4.69, 9.17) is 15.2 Å². The van der Waals surface area contributed by atoms with Crippen molar-refractivity contribution in [3.05, 3.63) is 83.2 Å². The fraction of sp³-hybridized carbons (Fsp3) is 0.241. The molecule has 2 aromatic heterocycles. The van der Waals surface area contributed by atoms with Crippen LogP contribution in [0.5, 0.6) is 0 Å². The molecule has 0 saturated heterocycles. The average Bonchev–Trinajstić information content (AvgIpc) is 3.45. The van der Waals surface area contributed by atoms with Crippen molar-refractivity contribution in [1.82, 2.24) is 25.6 Å². The highest BCUT2D eigenvalue weighted by atomic mass is 32.1. The second-order valence-electron chi connectivity index (χ2n) is 10.00. The number of carbonyl (C=O) groups is 3. The van der Waals surface area contributed by atoms with Crippen LogP contribution >= 0.6 is 11.3 Å². The number of rotatable bonds is 10. The molecule has 1 atom stereocenters. The van der Waals surface area contributed by atoms with E-state index in [-0.39, 0.29) is 25.0 Å². The molecule has 13 heteroatoms. The van der Waals surface area contributed by atoms with Gasteiger partial charge in [-0.3, -0.25) is 4.79 Å². The first-order chi connectivity index (χ1) is 20.1. The molecular formula is C29H31N7O5S. The summed E-state index contributed by atoms with van der Waals surface area (Å²) < 4.78 is 10.7. The smallest absolute Gasteiger partial charge is 0.408 e. The number of esters is 1. The normalized spacial score (nSPS) is 11.7. The summed E-state index contributed by atoms with van der Waals surface area (Å²) in [6.07, 6.45) is -0.824. The van der Waals surface area contributed by atoms with Gasteiger partial charge in [0.1, 0.15) is 18.2 Å². The van der Waals surface area contributed by atoms with E-state index in [9.17, 15) is 14.4 Å². The lowest BCUT2D eigenvalue weighted by Crippen LogP contribution is -2.50. The number of nitrogens with one attached hydrogen (secondary N) is 3. The third-order valence-corrected chi connectivity index (χ3v) is 6.48. The largest absolute Gasteiger partial charge is 0.458 e.